The fourth-order valence-corrected chi connectivity index (χ4v) is 4.18. The number of nitrogens with one attached hydrogen (secondary N) is 1. The van der Waals surface area contributed by atoms with Gasteiger partial charge < -0.3 is 20.0 Å². The number of likely N-dealkylation sites (tertiary alicyclic amines) is 2. The molecule has 5 nitrogen and oxygen atoms in total. The van der Waals surface area contributed by atoms with Gasteiger partial charge in [-0.25, -0.2) is 4.79 Å². The maximum Gasteiger partial charge on any atom is 0.317 e. The quantitative estimate of drug-likeness (QED) is 0.848. The van der Waals surface area contributed by atoms with E-state index in [1.807, 2.05) is 6.07 Å². The maximum absolute atomic E-state index is 13.0. The summed E-state index contributed by atoms with van der Waals surface area (Å²) in [6.07, 6.45) is 4.26. The van der Waals surface area contributed by atoms with Gasteiger partial charge in [-0.15, -0.1) is 0 Å². The van der Waals surface area contributed by atoms with Gasteiger partial charge in [-0.05, 0) is 70.9 Å². The van der Waals surface area contributed by atoms with Crippen molar-refractivity contribution in [3.05, 3.63) is 35.9 Å². The molecule has 0 spiro atoms. The molecule has 1 atom stereocenters. The molecule has 0 unspecified atom stereocenters. The predicted molar refractivity (Wildman–Crippen MR) is 106 cm³/mol. The molecule has 2 saturated heterocycles. The smallest absolute Gasteiger partial charge is 0.317 e. The number of piperidine rings is 1. The van der Waals surface area contributed by atoms with Gasteiger partial charge in [0.1, 0.15) is 0 Å². The number of hydrogen-bond donors (Lipinski definition) is 1. The third-order valence-corrected chi connectivity index (χ3v) is 5.90. The van der Waals surface area contributed by atoms with Crippen LogP contribution in [0, 0.1) is 5.92 Å². The summed E-state index contributed by atoms with van der Waals surface area (Å²) < 4.78 is 0. The number of rotatable bonds is 6. The second-order valence-corrected chi connectivity index (χ2v) is 8.07. The second kappa shape index (κ2) is 9.38. The summed E-state index contributed by atoms with van der Waals surface area (Å²) in [5.74, 6) is 0.595. The molecule has 1 aromatic carbocycles. The van der Waals surface area contributed by atoms with Crippen molar-refractivity contribution in [2.45, 2.75) is 31.7 Å². The molecule has 26 heavy (non-hydrogen) atoms. The highest BCUT2D eigenvalue weighted by Gasteiger charge is 2.28. The molecule has 2 heterocycles. The lowest BCUT2D eigenvalue weighted by atomic mass is 10.0. The van der Waals surface area contributed by atoms with Crippen LogP contribution in [0.2, 0.25) is 0 Å². The van der Waals surface area contributed by atoms with Gasteiger partial charge in [0.15, 0.2) is 0 Å². The average molecular weight is 359 g/mol. The van der Waals surface area contributed by atoms with Crippen LogP contribution < -0.4 is 5.32 Å². The summed E-state index contributed by atoms with van der Waals surface area (Å²) in [6.45, 7) is 6.00. The lowest BCUT2D eigenvalue weighted by Crippen LogP contribution is -2.51. The van der Waals surface area contributed by atoms with Crippen molar-refractivity contribution in [1.29, 1.82) is 0 Å². The lowest BCUT2D eigenvalue weighted by Gasteiger charge is -2.37. The molecule has 144 valence electrons. The Bertz CT molecular complexity index is 556. The van der Waals surface area contributed by atoms with Crippen molar-refractivity contribution < 1.29 is 4.79 Å². The fourth-order valence-electron chi connectivity index (χ4n) is 4.18. The topological polar surface area (TPSA) is 38.8 Å². The Morgan fingerprint density at radius 1 is 1.08 bits per heavy atom. The summed E-state index contributed by atoms with van der Waals surface area (Å²) in [6, 6.07) is 11.0. The summed E-state index contributed by atoms with van der Waals surface area (Å²) in [5.41, 5.74) is 1.30. The number of benzene rings is 1. The minimum Gasteiger partial charge on any atom is -0.338 e. The van der Waals surface area contributed by atoms with Gasteiger partial charge in [-0.2, -0.15) is 0 Å². The van der Waals surface area contributed by atoms with Crippen molar-refractivity contribution in [3.8, 4) is 0 Å². The minimum absolute atomic E-state index is 0.130. The molecule has 0 saturated carbocycles. The Balaban J connectivity index is 1.56. The van der Waals surface area contributed by atoms with Crippen molar-refractivity contribution in [3.63, 3.8) is 0 Å². The molecule has 2 fully saturated rings. The van der Waals surface area contributed by atoms with E-state index >= 15 is 0 Å². The van der Waals surface area contributed by atoms with Gasteiger partial charge >= 0.3 is 6.03 Å². The van der Waals surface area contributed by atoms with E-state index < -0.39 is 0 Å². The summed E-state index contributed by atoms with van der Waals surface area (Å²) >= 11 is 0. The fraction of sp³-hybridized carbons (Fsp3) is 0.667. The zero-order valence-electron chi connectivity index (χ0n) is 16.4. The second-order valence-electron chi connectivity index (χ2n) is 8.07. The molecular weight excluding hydrogens is 324 g/mol. The Labute approximate surface area is 158 Å². The number of urea groups is 1. The van der Waals surface area contributed by atoms with E-state index in [0.717, 1.165) is 58.5 Å². The normalized spacial score (nSPS) is 22.5. The SMILES string of the molecule is CN1CCC(N(CCc2ccccc2)C(=O)NC[C@@H]2CCN(C)C2)CC1. The van der Waals surface area contributed by atoms with Crippen LogP contribution in [0.25, 0.3) is 0 Å². The van der Waals surface area contributed by atoms with Crippen LogP contribution in [0.3, 0.4) is 0 Å². The van der Waals surface area contributed by atoms with Crippen LogP contribution >= 0.6 is 0 Å². The van der Waals surface area contributed by atoms with E-state index in [2.05, 4.69) is 58.4 Å². The molecule has 5 heteroatoms. The zero-order chi connectivity index (χ0) is 18.4. The molecule has 0 bridgehead atoms. The Hall–Kier alpha value is -1.59. The van der Waals surface area contributed by atoms with Crippen LogP contribution in [-0.2, 0) is 6.42 Å². The molecule has 2 aliphatic rings. The van der Waals surface area contributed by atoms with Gasteiger partial charge in [-0.1, -0.05) is 30.3 Å². The molecule has 2 amide bonds. The van der Waals surface area contributed by atoms with Crippen LogP contribution in [-0.4, -0.2) is 80.1 Å². The van der Waals surface area contributed by atoms with E-state index in [1.165, 1.54) is 12.0 Å². The van der Waals surface area contributed by atoms with Crippen LogP contribution in [0.15, 0.2) is 30.3 Å². The van der Waals surface area contributed by atoms with Crippen molar-refractivity contribution >= 4 is 6.03 Å². The first-order valence-corrected chi connectivity index (χ1v) is 10.1. The summed E-state index contributed by atoms with van der Waals surface area (Å²) in [5, 5.41) is 3.24. The predicted octanol–water partition coefficient (Wildman–Crippen LogP) is 2.29. The number of hydrogen-bond acceptors (Lipinski definition) is 3. The Morgan fingerprint density at radius 3 is 2.42 bits per heavy atom. The Morgan fingerprint density at radius 2 is 1.77 bits per heavy atom. The lowest BCUT2D eigenvalue weighted by molar-refractivity contribution is 0.131. The molecular formula is C21H34N4O. The number of carbonyl (C=O) groups excluding carboxylic acids is 1. The van der Waals surface area contributed by atoms with Gasteiger partial charge in [-0.3, -0.25) is 0 Å². The standard InChI is InChI=1S/C21H34N4O/c1-23-13-10-20(11-14-23)25(15-9-18-6-4-3-5-7-18)21(26)22-16-19-8-12-24(2)17-19/h3-7,19-20H,8-17H2,1-2H3,(H,22,26)/t19-/m0/s1. The maximum atomic E-state index is 13.0. The van der Waals surface area contributed by atoms with E-state index in [9.17, 15) is 4.79 Å². The third kappa shape index (κ3) is 5.45. The van der Waals surface area contributed by atoms with Crippen LogP contribution in [0.4, 0.5) is 4.79 Å². The van der Waals surface area contributed by atoms with Gasteiger partial charge in [0.25, 0.3) is 0 Å². The zero-order valence-corrected chi connectivity index (χ0v) is 16.4. The third-order valence-electron chi connectivity index (χ3n) is 5.90. The number of nitrogens with zero attached hydrogens (tertiary/aromatic N) is 3. The average Bonchev–Trinajstić information content (AvgIpc) is 3.08. The summed E-state index contributed by atoms with van der Waals surface area (Å²) in [4.78, 5) is 19.8. The largest absolute Gasteiger partial charge is 0.338 e. The molecule has 2 aliphatic heterocycles. The highest BCUT2D eigenvalue weighted by Crippen LogP contribution is 2.18. The highest BCUT2D eigenvalue weighted by atomic mass is 16.2. The summed E-state index contributed by atoms with van der Waals surface area (Å²) in [7, 11) is 4.33. The molecule has 0 aromatic heterocycles. The van der Waals surface area contributed by atoms with Crippen molar-refractivity contribution in [2.24, 2.45) is 5.92 Å². The van der Waals surface area contributed by atoms with E-state index in [-0.39, 0.29) is 6.03 Å². The molecule has 0 radical (unpaired) electrons. The molecule has 3 rings (SSSR count). The number of carbonyl (C=O) groups is 1. The monoisotopic (exact) mass is 358 g/mol. The van der Waals surface area contributed by atoms with Gasteiger partial charge in [0, 0.05) is 25.7 Å². The first-order valence-electron chi connectivity index (χ1n) is 10.1. The number of amides is 2. The van der Waals surface area contributed by atoms with Crippen LogP contribution in [0.1, 0.15) is 24.8 Å². The Kier molecular flexibility index (Phi) is 6.92. The van der Waals surface area contributed by atoms with E-state index in [4.69, 9.17) is 0 Å². The van der Waals surface area contributed by atoms with Crippen LogP contribution in [0.5, 0.6) is 0 Å². The molecule has 0 aliphatic carbocycles. The highest BCUT2D eigenvalue weighted by molar-refractivity contribution is 5.74. The van der Waals surface area contributed by atoms with Gasteiger partial charge in [0.2, 0.25) is 0 Å². The first-order chi connectivity index (χ1) is 12.6. The molecule has 1 N–H and O–H groups in total. The van der Waals surface area contributed by atoms with Crippen molar-refractivity contribution in [1.82, 2.24) is 20.0 Å². The first kappa shape index (κ1) is 19.2. The van der Waals surface area contributed by atoms with E-state index in [1.54, 1.807) is 0 Å². The van der Waals surface area contributed by atoms with Crippen molar-refractivity contribution in [2.75, 3.05) is 53.4 Å². The van der Waals surface area contributed by atoms with E-state index in [0.29, 0.717) is 12.0 Å². The molecule has 1 aromatic rings. The minimum atomic E-state index is 0.130. The van der Waals surface area contributed by atoms with Gasteiger partial charge in [0.05, 0.1) is 0 Å².